The fraction of sp³-hybridized carbons (Fsp3) is 0.333. The van der Waals surface area contributed by atoms with Gasteiger partial charge in [-0.25, -0.2) is 4.68 Å². The van der Waals surface area contributed by atoms with Crippen LogP contribution in [0.2, 0.25) is 10.0 Å². The summed E-state index contributed by atoms with van der Waals surface area (Å²) >= 11 is 11.9. The van der Waals surface area contributed by atoms with Crippen LogP contribution in [0.4, 0.5) is 0 Å². The first-order valence-electron chi connectivity index (χ1n) is 5.65. The van der Waals surface area contributed by atoms with E-state index < -0.39 is 6.10 Å². The summed E-state index contributed by atoms with van der Waals surface area (Å²) < 4.78 is 1.68. The quantitative estimate of drug-likeness (QED) is 0.939. The smallest absolute Gasteiger partial charge is 0.124 e. The monoisotopic (exact) mass is 285 g/mol. The number of aryl methyl sites for hydroxylation is 1. The number of hydrogen-bond donors (Lipinski definition) is 1. The van der Waals surface area contributed by atoms with Crippen molar-refractivity contribution in [3.63, 3.8) is 0 Å². The number of aromatic nitrogens is 3. The second-order valence-electron chi connectivity index (χ2n) is 3.95. The Morgan fingerprint density at radius 3 is 2.83 bits per heavy atom. The average Bonchev–Trinajstić information content (AvgIpc) is 2.77. The van der Waals surface area contributed by atoms with E-state index in [0.717, 1.165) is 6.42 Å². The summed E-state index contributed by atoms with van der Waals surface area (Å²) in [5.41, 5.74) is 1.22. The van der Waals surface area contributed by atoms with Gasteiger partial charge in [-0.2, -0.15) is 0 Å². The molecule has 0 aliphatic rings. The van der Waals surface area contributed by atoms with E-state index in [-0.39, 0.29) is 0 Å². The third-order valence-corrected chi connectivity index (χ3v) is 3.18. The van der Waals surface area contributed by atoms with E-state index in [1.165, 1.54) is 0 Å². The van der Waals surface area contributed by atoms with Crippen molar-refractivity contribution < 1.29 is 5.11 Å². The molecule has 0 amide bonds. The number of rotatable bonds is 4. The summed E-state index contributed by atoms with van der Waals surface area (Å²) in [6.07, 6.45) is 1.61. The van der Waals surface area contributed by atoms with E-state index in [1.54, 1.807) is 29.1 Å². The third kappa shape index (κ3) is 2.66. The predicted molar refractivity (Wildman–Crippen MR) is 70.8 cm³/mol. The number of hydrogen-bond acceptors (Lipinski definition) is 3. The minimum Gasteiger partial charge on any atom is -0.382 e. The fourth-order valence-corrected chi connectivity index (χ4v) is 2.26. The summed E-state index contributed by atoms with van der Waals surface area (Å²) in [6.45, 7) is 2.74. The van der Waals surface area contributed by atoms with Crippen molar-refractivity contribution in [1.29, 1.82) is 0 Å². The predicted octanol–water partition coefficient (Wildman–Crippen LogP) is 3.08. The van der Waals surface area contributed by atoms with Crippen LogP contribution in [0.3, 0.4) is 0 Å². The lowest BCUT2D eigenvalue weighted by molar-refractivity contribution is 0.207. The molecule has 1 unspecified atom stereocenters. The van der Waals surface area contributed by atoms with Crippen LogP contribution in [-0.4, -0.2) is 20.1 Å². The zero-order valence-electron chi connectivity index (χ0n) is 9.85. The Bertz CT molecular complexity index is 542. The number of aliphatic hydroxyl groups excluding tert-OH is 1. The van der Waals surface area contributed by atoms with Gasteiger partial charge in [0.1, 0.15) is 6.10 Å². The Balaban J connectivity index is 2.35. The van der Waals surface area contributed by atoms with Crippen LogP contribution in [-0.2, 0) is 6.54 Å². The maximum Gasteiger partial charge on any atom is 0.124 e. The first-order valence-corrected chi connectivity index (χ1v) is 6.40. The lowest BCUT2D eigenvalue weighted by atomic mass is 10.1. The Labute approximate surface area is 115 Å². The molecule has 0 saturated carbocycles. The van der Waals surface area contributed by atoms with E-state index in [1.807, 2.05) is 6.92 Å². The van der Waals surface area contributed by atoms with Crippen LogP contribution in [0, 0.1) is 0 Å². The molecular formula is C12H13Cl2N3O. The van der Waals surface area contributed by atoms with E-state index in [4.69, 9.17) is 23.2 Å². The van der Waals surface area contributed by atoms with E-state index >= 15 is 0 Å². The third-order valence-electron chi connectivity index (χ3n) is 2.62. The van der Waals surface area contributed by atoms with E-state index in [0.29, 0.717) is 27.8 Å². The summed E-state index contributed by atoms with van der Waals surface area (Å²) in [6, 6.07) is 5.01. The summed E-state index contributed by atoms with van der Waals surface area (Å²) in [7, 11) is 0. The molecule has 96 valence electrons. The number of halogens is 2. The van der Waals surface area contributed by atoms with Crippen LogP contribution in [0.25, 0.3) is 0 Å². The number of nitrogens with zero attached hydrogens (tertiary/aromatic N) is 3. The van der Waals surface area contributed by atoms with Crippen LogP contribution in [0.15, 0.2) is 24.4 Å². The molecule has 0 fully saturated rings. The summed E-state index contributed by atoms with van der Waals surface area (Å²) in [5, 5.41) is 19.1. The van der Waals surface area contributed by atoms with Crippen molar-refractivity contribution in [3.8, 4) is 0 Å². The lowest BCUT2D eigenvalue weighted by Gasteiger charge is -2.13. The largest absolute Gasteiger partial charge is 0.382 e. The molecule has 1 atom stereocenters. The van der Waals surface area contributed by atoms with Crippen molar-refractivity contribution in [2.24, 2.45) is 0 Å². The van der Waals surface area contributed by atoms with Crippen LogP contribution in [0.5, 0.6) is 0 Å². The van der Waals surface area contributed by atoms with Crippen molar-refractivity contribution in [1.82, 2.24) is 15.0 Å². The molecular weight excluding hydrogens is 273 g/mol. The van der Waals surface area contributed by atoms with Crippen LogP contribution >= 0.6 is 23.2 Å². The highest BCUT2D eigenvalue weighted by molar-refractivity contribution is 6.35. The van der Waals surface area contributed by atoms with Gasteiger partial charge in [0.2, 0.25) is 0 Å². The first kappa shape index (κ1) is 13.3. The average molecular weight is 286 g/mol. The van der Waals surface area contributed by atoms with Crippen molar-refractivity contribution in [2.75, 3.05) is 0 Å². The lowest BCUT2D eigenvalue weighted by Crippen LogP contribution is -2.10. The van der Waals surface area contributed by atoms with Gasteiger partial charge in [0, 0.05) is 22.2 Å². The molecule has 0 aliphatic heterocycles. The molecule has 0 aliphatic carbocycles. The first-order chi connectivity index (χ1) is 8.63. The Morgan fingerprint density at radius 2 is 2.17 bits per heavy atom. The topological polar surface area (TPSA) is 50.9 Å². The van der Waals surface area contributed by atoms with Crippen molar-refractivity contribution in [2.45, 2.75) is 26.0 Å². The minimum absolute atomic E-state index is 0.430. The molecule has 4 nitrogen and oxygen atoms in total. The van der Waals surface area contributed by atoms with Crippen molar-refractivity contribution in [3.05, 3.63) is 45.7 Å². The zero-order valence-corrected chi connectivity index (χ0v) is 11.4. The molecule has 0 spiro atoms. The Kier molecular flexibility index (Phi) is 4.22. The van der Waals surface area contributed by atoms with Crippen molar-refractivity contribution >= 4 is 23.2 Å². The molecule has 2 aromatic rings. The Morgan fingerprint density at radius 1 is 1.39 bits per heavy atom. The second kappa shape index (κ2) is 5.69. The maximum atomic E-state index is 10.3. The van der Waals surface area contributed by atoms with Crippen LogP contribution in [0.1, 0.15) is 30.7 Å². The maximum absolute atomic E-state index is 10.3. The van der Waals surface area contributed by atoms with Crippen LogP contribution < -0.4 is 0 Å². The molecule has 2 rings (SSSR count). The van der Waals surface area contributed by atoms with Gasteiger partial charge in [0.15, 0.2) is 0 Å². The van der Waals surface area contributed by atoms with E-state index in [2.05, 4.69) is 10.3 Å². The molecule has 1 aromatic heterocycles. The molecule has 1 aromatic carbocycles. The SMILES string of the molecule is CCCn1nncc1C(O)c1ccc(Cl)cc1Cl. The van der Waals surface area contributed by atoms with Gasteiger partial charge in [-0.1, -0.05) is 41.4 Å². The molecule has 0 saturated heterocycles. The molecule has 1 N–H and O–H groups in total. The number of aliphatic hydroxyl groups is 1. The summed E-state index contributed by atoms with van der Waals surface area (Å²) in [5.74, 6) is 0. The molecule has 6 heteroatoms. The number of benzene rings is 1. The van der Waals surface area contributed by atoms with Gasteiger partial charge in [-0.3, -0.25) is 0 Å². The minimum atomic E-state index is -0.851. The van der Waals surface area contributed by atoms with Gasteiger partial charge in [0.05, 0.1) is 11.9 Å². The molecule has 0 bridgehead atoms. The highest BCUT2D eigenvalue weighted by Crippen LogP contribution is 2.29. The van der Waals surface area contributed by atoms with Gasteiger partial charge in [-0.15, -0.1) is 5.10 Å². The van der Waals surface area contributed by atoms with Gasteiger partial charge >= 0.3 is 0 Å². The van der Waals surface area contributed by atoms with Gasteiger partial charge in [0.25, 0.3) is 0 Å². The molecule has 1 heterocycles. The van der Waals surface area contributed by atoms with Gasteiger partial charge in [-0.05, 0) is 18.6 Å². The Hall–Kier alpha value is -1.10. The molecule has 0 radical (unpaired) electrons. The second-order valence-corrected chi connectivity index (χ2v) is 4.79. The zero-order chi connectivity index (χ0) is 13.1. The molecule has 18 heavy (non-hydrogen) atoms. The highest BCUT2D eigenvalue weighted by Gasteiger charge is 2.18. The van der Waals surface area contributed by atoms with E-state index in [9.17, 15) is 5.11 Å². The van der Waals surface area contributed by atoms with Gasteiger partial charge < -0.3 is 5.11 Å². The summed E-state index contributed by atoms with van der Waals surface area (Å²) in [4.78, 5) is 0. The normalized spacial score (nSPS) is 12.7. The standard InChI is InChI=1S/C12H13Cl2N3O/c1-2-5-17-11(7-15-16-17)12(18)9-4-3-8(13)6-10(9)14/h3-4,6-7,12,18H,2,5H2,1H3. The fourth-order valence-electron chi connectivity index (χ4n) is 1.75. The highest BCUT2D eigenvalue weighted by atomic mass is 35.5.